The third-order valence-corrected chi connectivity index (χ3v) is 13.1. The van der Waals surface area contributed by atoms with Crippen molar-refractivity contribution < 1.29 is 0 Å². The molecule has 59 heavy (non-hydrogen) atoms. The maximum absolute atomic E-state index is 5.61. The lowest BCUT2D eigenvalue weighted by atomic mass is 9.82. The Bertz CT molecular complexity index is 3770. The predicted molar refractivity (Wildman–Crippen MR) is 246 cm³/mol. The van der Waals surface area contributed by atoms with Gasteiger partial charge in [-0.25, -0.2) is 9.97 Å². The van der Waals surface area contributed by atoms with Gasteiger partial charge in [-0.05, 0) is 92.3 Å². The van der Waals surface area contributed by atoms with E-state index in [0.29, 0.717) is 0 Å². The summed E-state index contributed by atoms with van der Waals surface area (Å²) >= 11 is 0. The van der Waals surface area contributed by atoms with Crippen molar-refractivity contribution in [1.29, 1.82) is 0 Å². The van der Waals surface area contributed by atoms with Crippen LogP contribution < -0.4 is 0 Å². The molecule has 1 aliphatic rings. The van der Waals surface area contributed by atoms with Crippen molar-refractivity contribution >= 4 is 76.2 Å². The highest BCUT2D eigenvalue weighted by atomic mass is 15.1. The normalized spacial score (nSPS) is 13.4. The zero-order valence-corrected chi connectivity index (χ0v) is 32.6. The number of fused-ring (bicyclic) bond motifs is 13. The van der Waals surface area contributed by atoms with Gasteiger partial charge in [-0.3, -0.25) is 4.57 Å². The molecule has 0 atom stereocenters. The largest absolute Gasteiger partial charge is 0.309 e. The molecule has 0 spiro atoms. The van der Waals surface area contributed by atoms with Crippen molar-refractivity contribution in [1.82, 2.24) is 19.1 Å². The van der Waals surface area contributed by atoms with Crippen LogP contribution in [0.1, 0.15) is 25.0 Å². The molecule has 1 aliphatic carbocycles. The lowest BCUT2D eigenvalue weighted by molar-refractivity contribution is 0.660. The molecule has 0 unspecified atom stereocenters. The summed E-state index contributed by atoms with van der Waals surface area (Å²) in [5.74, 6) is 0.819. The molecule has 12 aromatic rings. The Labute approximate surface area is 340 Å². The van der Waals surface area contributed by atoms with E-state index >= 15 is 0 Å². The second-order valence-electron chi connectivity index (χ2n) is 16.6. The first kappa shape index (κ1) is 32.5. The molecule has 0 N–H and O–H groups in total. The topological polar surface area (TPSA) is 35.6 Å². The summed E-state index contributed by atoms with van der Waals surface area (Å²) in [5.41, 5.74) is 14.3. The van der Waals surface area contributed by atoms with E-state index < -0.39 is 0 Å². The summed E-state index contributed by atoms with van der Waals surface area (Å²) in [7, 11) is 0. The molecule has 13 rings (SSSR count). The molecule has 4 nitrogen and oxygen atoms in total. The molecule has 4 heteroatoms. The van der Waals surface area contributed by atoms with Gasteiger partial charge in [0.15, 0.2) is 5.82 Å². The van der Waals surface area contributed by atoms with Crippen LogP contribution in [0.15, 0.2) is 182 Å². The molecule has 0 radical (unpaired) electrons. The van der Waals surface area contributed by atoms with Crippen LogP contribution in [0, 0.1) is 0 Å². The number of hydrogen-bond acceptors (Lipinski definition) is 2. The molecule has 3 aromatic heterocycles. The molecule has 276 valence electrons. The summed E-state index contributed by atoms with van der Waals surface area (Å²) < 4.78 is 4.83. The standard InChI is InChI=1S/C55H36N4/c1-55(2)43-21-9-7-19-39(43)51-41(20-13-22-44(51)55)53-54(57-46-24-11-10-23-45(46)56-53)59-48-29-26-33-14-5-6-17-37(33)52(48)40-28-27-36(32-50(40)59)58-47-25-12-8-18-38(47)42-30-34-15-3-4-16-35(34)31-49(42)58/h3-32H,1-2H3. The fourth-order valence-electron chi connectivity index (χ4n) is 10.4. The second-order valence-corrected chi connectivity index (χ2v) is 16.6. The zero-order chi connectivity index (χ0) is 39.0. The van der Waals surface area contributed by atoms with Gasteiger partial charge in [0.25, 0.3) is 0 Å². The van der Waals surface area contributed by atoms with Gasteiger partial charge in [-0.2, -0.15) is 0 Å². The summed E-state index contributed by atoms with van der Waals surface area (Å²) in [6.45, 7) is 4.68. The molecule has 9 aromatic carbocycles. The van der Waals surface area contributed by atoms with E-state index in [1.807, 2.05) is 0 Å². The third-order valence-electron chi connectivity index (χ3n) is 13.1. The van der Waals surface area contributed by atoms with Crippen molar-refractivity contribution in [2.24, 2.45) is 0 Å². The Morgan fingerprint density at radius 2 is 1.07 bits per heavy atom. The highest BCUT2D eigenvalue weighted by Crippen LogP contribution is 2.53. The summed E-state index contributed by atoms with van der Waals surface area (Å²) in [5, 5.41) is 9.77. The maximum atomic E-state index is 5.61. The SMILES string of the molecule is CC1(C)c2ccccc2-c2c(-c3nc4ccccc4nc3-n3c4cc(-n5c6ccccc6c6cc7ccccc7cc65)ccc4c4c5ccccc5ccc43)cccc21. The number of para-hydroxylation sites is 3. The highest BCUT2D eigenvalue weighted by molar-refractivity contribution is 6.22. The number of benzene rings is 9. The minimum Gasteiger partial charge on any atom is -0.309 e. The van der Waals surface area contributed by atoms with E-state index in [2.05, 4.69) is 205 Å². The van der Waals surface area contributed by atoms with E-state index in [9.17, 15) is 0 Å². The molecular weight excluding hydrogens is 717 g/mol. The number of hydrogen-bond donors (Lipinski definition) is 0. The molecule has 0 fully saturated rings. The van der Waals surface area contributed by atoms with Crippen LogP contribution in [0.2, 0.25) is 0 Å². The third kappa shape index (κ3) is 4.43. The van der Waals surface area contributed by atoms with Crippen LogP contribution in [0.4, 0.5) is 0 Å². The lowest BCUT2D eigenvalue weighted by Gasteiger charge is -2.22. The summed E-state index contributed by atoms with van der Waals surface area (Å²) in [6.07, 6.45) is 0. The van der Waals surface area contributed by atoms with Crippen LogP contribution >= 0.6 is 0 Å². The predicted octanol–water partition coefficient (Wildman–Crippen LogP) is 14.1. The Kier molecular flexibility index (Phi) is 6.48. The average molecular weight is 753 g/mol. The van der Waals surface area contributed by atoms with Gasteiger partial charge in [-0.1, -0.05) is 147 Å². The Morgan fingerprint density at radius 3 is 1.93 bits per heavy atom. The van der Waals surface area contributed by atoms with Crippen molar-refractivity contribution in [3.63, 3.8) is 0 Å². The average Bonchev–Trinajstić information content (AvgIpc) is 3.87. The van der Waals surface area contributed by atoms with E-state index in [-0.39, 0.29) is 5.41 Å². The van der Waals surface area contributed by atoms with E-state index in [1.165, 1.54) is 76.4 Å². The minimum atomic E-state index is -0.152. The molecule has 3 heterocycles. The Hall–Kier alpha value is -7.56. The molecule has 0 amide bonds. The number of aromatic nitrogens is 4. The van der Waals surface area contributed by atoms with Gasteiger partial charge in [-0.15, -0.1) is 0 Å². The number of nitrogens with zero attached hydrogens (tertiary/aromatic N) is 4. The molecule has 0 bridgehead atoms. The summed E-state index contributed by atoms with van der Waals surface area (Å²) in [6, 6.07) is 66.3. The van der Waals surface area contributed by atoms with Crippen molar-refractivity contribution in [3.05, 3.63) is 193 Å². The quantitative estimate of drug-likeness (QED) is 0.180. The van der Waals surface area contributed by atoms with Crippen LogP contribution in [0.5, 0.6) is 0 Å². The monoisotopic (exact) mass is 752 g/mol. The van der Waals surface area contributed by atoms with E-state index in [4.69, 9.17) is 9.97 Å². The molecule has 0 aliphatic heterocycles. The van der Waals surface area contributed by atoms with E-state index in [0.717, 1.165) is 44.8 Å². The van der Waals surface area contributed by atoms with Gasteiger partial charge in [0.1, 0.15) is 5.69 Å². The van der Waals surface area contributed by atoms with Crippen LogP contribution in [0.3, 0.4) is 0 Å². The lowest BCUT2D eigenvalue weighted by Crippen LogP contribution is -2.14. The minimum absolute atomic E-state index is 0.152. The fraction of sp³-hybridized carbons (Fsp3) is 0.0545. The molecule has 0 saturated heterocycles. The van der Waals surface area contributed by atoms with Gasteiger partial charge in [0, 0.05) is 38.2 Å². The van der Waals surface area contributed by atoms with Crippen LogP contribution in [-0.4, -0.2) is 19.1 Å². The van der Waals surface area contributed by atoms with Crippen molar-refractivity contribution in [2.75, 3.05) is 0 Å². The summed E-state index contributed by atoms with van der Waals surface area (Å²) in [4.78, 5) is 11.2. The van der Waals surface area contributed by atoms with Crippen molar-refractivity contribution in [3.8, 4) is 33.9 Å². The second kappa shape index (κ2) is 11.7. The Balaban J connectivity index is 1.18. The van der Waals surface area contributed by atoms with Crippen LogP contribution in [-0.2, 0) is 5.41 Å². The van der Waals surface area contributed by atoms with Crippen LogP contribution in [0.25, 0.3) is 110 Å². The van der Waals surface area contributed by atoms with Gasteiger partial charge >= 0.3 is 0 Å². The zero-order valence-electron chi connectivity index (χ0n) is 32.6. The van der Waals surface area contributed by atoms with Gasteiger partial charge in [0.2, 0.25) is 0 Å². The number of rotatable bonds is 3. The molecule has 0 saturated carbocycles. The first-order chi connectivity index (χ1) is 29.0. The van der Waals surface area contributed by atoms with Gasteiger partial charge in [0.05, 0.1) is 33.1 Å². The Morgan fingerprint density at radius 1 is 0.407 bits per heavy atom. The first-order valence-corrected chi connectivity index (χ1v) is 20.4. The highest BCUT2D eigenvalue weighted by Gasteiger charge is 2.37. The maximum Gasteiger partial charge on any atom is 0.165 e. The fourth-order valence-corrected chi connectivity index (χ4v) is 10.4. The van der Waals surface area contributed by atoms with E-state index in [1.54, 1.807) is 0 Å². The van der Waals surface area contributed by atoms with Crippen molar-refractivity contribution in [2.45, 2.75) is 19.3 Å². The smallest absolute Gasteiger partial charge is 0.165 e. The first-order valence-electron chi connectivity index (χ1n) is 20.4. The molecular formula is C55H36N4. The van der Waals surface area contributed by atoms with Gasteiger partial charge < -0.3 is 4.57 Å².